The summed E-state index contributed by atoms with van der Waals surface area (Å²) in [4.78, 5) is 2.59. The van der Waals surface area contributed by atoms with Crippen LogP contribution in [0.5, 0.6) is 0 Å². The second-order valence-electron chi connectivity index (χ2n) is 6.93. The highest BCUT2D eigenvalue weighted by Crippen LogP contribution is 2.32. The lowest BCUT2D eigenvalue weighted by molar-refractivity contribution is 0.588. The summed E-state index contributed by atoms with van der Waals surface area (Å²) in [7, 11) is -3.71. The largest absolute Gasteiger partial charge is 0.368 e. The van der Waals surface area contributed by atoms with Crippen molar-refractivity contribution in [2.75, 3.05) is 31.1 Å². The lowest BCUT2D eigenvalue weighted by Crippen LogP contribution is -2.43. The van der Waals surface area contributed by atoms with Gasteiger partial charge in [-0.05, 0) is 55.3 Å². The Labute approximate surface area is 164 Å². The number of hydrogen-bond donors (Lipinski definition) is 1. The number of fused-ring (bicyclic) bond motifs is 1. The Morgan fingerprint density at radius 2 is 1.78 bits per heavy atom. The summed E-state index contributed by atoms with van der Waals surface area (Å²) in [5.41, 5.74) is 3.16. The van der Waals surface area contributed by atoms with E-state index in [1.54, 1.807) is 25.3 Å². The lowest BCUT2D eigenvalue weighted by Gasteiger charge is -2.30. The predicted octanol–water partition coefficient (Wildman–Crippen LogP) is 3.56. The summed E-state index contributed by atoms with van der Waals surface area (Å²) in [6.07, 6.45) is 1.65. The molecule has 1 aliphatic rings. The Kier molecular flexibility index (Phi) is 4.66. The highest BCUT2D eigenvalue weighted by atomic mass is 35.5. The Morgan fingerprint density at radius 1 is 1.04 bits per heavy atom. The smallest absolute Gasteiger partial charge is 0.268 e. The van der Waals surface area contributed by atoms with Crippen molar-refractivity contribution in [3.8, 4) is 0 Å². The quantitative estimate of drug-likeness (QED) is 0.726. The Morgan fingerprint density at radius 3 is 2.52 bits per heavy atom. The van der Waals surface area contributed by atoms with Crippen LogP contribution in [-0.2, 0) is 10.0 Å². The molecular formula is C20H22ClN3O2S. The van der Waals surface area contributed by atoms with Crippen molar-refractivity contribution < 1.29 is 8.42 Å². The third-order valence-corrected chi connectivity index (χ3v) is 7.36. The van der Waals surface area contributed by atoms with Crippen LogP contribution < -0.4 is 10.2 Å². The molecule has 0 unspecified atom stereocenters. The van der Waals surface area contributed by atoms with Gasteiger partial charge in [-0.2, -0.15) is 0 Å². The molecular weight excluding hydrogens is 382 g/mol. The van der Waals surface area contributed by atoms with Gasteiger partial charge in [0.2, 0.25) is 0 Å². The minimum absolute atomic E-state index is 0.287. The van der Waals surface area contributed by atoms with Crippen LogP contribution in [0.4, 0.5) is 5.69 Å². The number of benzene rings is 2. The van der Waals surface area contributed by atoms with E-state index in [1.165, 1.54) is 3.97 Å². The van der Waals surface area contributed by atoms with E-state index in [-0.39, 0.29) is 4.90 Å². The van der Waals surface area contributed by atoms with Crippen LogP contribution in [0.2, 0.25) is 5.02 Å². The molecule has 2 heterocycles. The maximum absolute atomic E-state index is 13.4. The first kappa shape index (κ1) is 18.3. The fourth-order valence-corrected chi connectivity index (χ4v) is 5.52. The van der Waals surface area contributed by atoms with Gasteiger partial charge in [0.25, 0.3) is 10.0 Å². The normalized spacial score (nSPS) is 15.4. The van der Waals surface area contributed by atoms with E-state index >= 15 is 0 Å². The molecule has 0 saturated carbocycles. The molecule has 0 radical (unpaired) electrons. The van der Waals surface area contributed by atoms with Gasteiger partial charge >= 0.3 is 0 Å². The molecule has 1 N–H and O–H groups in total. The zero-order valence-corrected chi connectivity index (χ0v) is 16.9. The van der Waals surface area contributed by atoms with Gasteiger partial charge in [0.1, 0.15) is 0 Å². The monoisotopic (exact) mass is 403 g/mol. The first-order valence-corrected chi connectivity index (χ1v) is 10.8. The van der Waals surface area contributed by atoms with Crippen molar-refractivity contribution >= 4 is 38.2 Å². The number of aryl methyl sites for hydroxylation is 2. The van der Waals surface area contributed by atoms with Crippen LogP contribution in [0.3, 0.4) is 0 Å². The van der Waals surface area contributed by atoms with E-state index in [2.05, 4.69) is 16.3 Å². The molecule has 0 aliphatic carbocycles. The fourth-order valence-electron chi connectivity index (χ4n) is 3.66. The first-order valence-electron chi connectivity index (χ1n) is 8.97. The second kappa shape index (κ2) is 6.86. The molecule has 5 nitrogen and oxygen atoms in total. The SMILES string of the molecule is Cc1cc(S(=O)(=O)n2ccc3c(N4CCNCC4)cccc32)c(C)cc1Cl. The summed E-state index contributed by atoms with van der Waals surface area (Å²) in [6.45, 7) is 7.27. The van der Waals surface area contributed by atoms with Gasteiger partial charge in [-0.15, -0.1) is 0 Å². The summed E-state index contributed by atoms with van der Waals surface area (Å²) >= 11 is 6.15. The minimum atomic E-state index is -3.71. The lowest BCUT2D eigenvalue weighted by atomic mass is 10.2. The van der Waals surface area contributed by atoms with Gasteiger partial charge in [0.05, 0.1) is 10.4 Å². The van der Waals surface area contributed by atoms with Crippen LogP contribution in [0.25, 0.3) is 10.9 Å². The second-order valence-corrected chi connectivity index (χ2v) is 9.12. The topological polar surface area (TPSA) is 54.3 Å². The number of nitrogens with one attached hydrogen (secondary N) is 1. The molecule has 4 rings (SSSR count). The van der Waals surface area contributed by atoms with Crippen LogP contribution in [0.1, 0.15) is 11.1 Å². The summed E-state index contributed by atoms with van der Waals surface area (Å²) in [5, 5.41) is 4.87. The number of aromatic nitrogens is 1. The zero-order valence-electron chi connectivity index (χ0n) is 15.4. The minimum Gasteiger partial charge on any atom is -0.368 e. The van der Waals surface area contributed by atoms with Crippen molar-refractivity contribution in [2.45, 2.75) is 18.7 Å². The molecule has 27 heavy (non-hydrogen) atoms. The Bertz CT molecular complexity index is 1120. The van der Waals surface area contributed by atoms with E-state index in [9.17, 15) is 8.42 Å². The number of hydrogen-bond acceptors (Lipinski definition) is 4. The van der Waals surface area contributed by atoms with Gasteiger partial charge in [-0.25, -0.2) is 12.4 Å². The van der Waals surface area contributed by atoms with Crippen LogP contribution >= 0.6 is 11.6 Å². The van der Waals surface area contributed by atoms with Gasteiger partial charge < -0.3 is 10.2 Å². The zero-order chi connectivity index (χ0) is 19.2. The summed E-state index contributed by atoms with van der Waals surface area (Å²) < 4.78 is 28.1. The highest BCUT2D eigenvalue weighted by molar-refractivity contribution is 7.90. The third-order valence-electron chi connectivity index (χ3n) is 5.12. The van der Waals surface area contributed by atoms with Crippen molar-refractivity contribution in [3.63, 3.8) is 0 Å². The van der Waals surface area contributed by atoms with Gasteiger partial charge in [-0.3, -0.25) is 0 Å². The number of anilines is 1. The molecule has 0 atom stereocenters. The van der Waals surface area contributed by atoms with Crippen molar-refractivity contribution in [2.24, 2.45) is 0 Å². The molecule has 1 aliphatic heterocycles. The van der Waals surface area contributed by atoms with Crippen molar-refractivity contribution in [1.82, 2.24) is 9.29 Å². The van der Waals surface area contributed by atoms with Crippen LogP contribution in [-0.4, -0.2) is 38.6 Å². The number of halogens is 1. The molecule has 0 amide bonds. The van der Waals surface area contributed by atoms with E-state index < -0.39 is 10.0 Å². The standard InChI is InChI=1S/C20H22ClN3O2S/c1-14-13-20(15(2)12-17(14)21)27(25,26)24-9-6-16-18(4-3-5-19(16)24)23-10-7-22-8-11-23/h3-6,9,12-13,22H,7-8,10-11H2,1-2H3. The van der Waals surface area contributed by atoms with Crippen molar-refractivity contribution in [3.05, 3.63) is 58.7 Å². The molecule has 0 spiro atoms. The highest BCUT2D eigenvalue weighted by Gasteiger charge is 2.23. The van der Waals surface area contributed by atoms with Gasteiger partial charge in [0, 0.05) is 48.5 Å². The van der Waals surface area contributed by atoms with E-state index in [0.717, 1.165) is 42.8 Å². The number of rotatable bonds is 3. The molecule has 0 bridgehead atoms. The third kappa shape index (κ3) is 3.12. The van der Waals surface area contributed by atoms with E-state index in [4.69, 9.17) is 11.6 Å². The maximum Gasteiger partial charge on any atom is 0.268 e. The molecule has 1 fully saturated rings. The fraction of sp³-hybridized carbons (Fsp3) is 0.300. The maximum atomic E-state index is 13.4. The molecule has 1 aromatic heterocycles. The number of piperazine rings is 1. The van der Waals surface area contributed by atoms with Gasteiger partial charge in [0.15, 0.2) is 0 Å². The van der Waals surface area contributed by atoms with Gasteiger partial charge in [-0.1, -0.05) is 17.7 Å². The van der Waals surface area contributed by atoms with Crippen molar-refractivity contribution in [1.29, 1.82) is 0 Å². The predicted molar refractivity (Wildman–Crippen MR) is 111 cm³/mol. The molecule has 7 heteroatoms. The molecule has 142 valence electrons. The van der Waals surface area contributed by atoms with E-state index in [0.29, 0.717) is 16.1 Å². The first-order chi connectivity index (χ1) is 12.9. The van der Waals surface area contributed by atoms with Crippen LogP contribution in [0.15, 0.2) is 47.5 Å². The average Bonchev–Trinajstić information content (AvgIpc) is 3.10. The average molecular weight is 404 g/mol. The van der Waals surface area contributed by atoms with E-state index in [1.807, 2.05) is 25.1 Å². The number of nitrogens with zero attached hydrogens (tertiary/aromatic N) is 2. The molecule has 2 aromatic carbocycles. The molecule has 3 aromatic rings. The summed E-state index contributed by atoms with van der Waals surface area (Å²) in [6, 6.07) is 11.1. The molecule has 1 saturated heterocycles. The summed E-state index contributed by atoms with van der Waals surface area (Å²) in [5.74, 6) is 0. The van der Waals surface area contributed by atoms with Crippen LogP contribution in [0, 0.1) is 13.8 Å². The Hall–Kier alpha value is -2.02. The Balaban J connectivity index is 1.86.